The number of oxazole rings is 1. The Labute approximate surface area is 150 Å². The summed E-state index contributed by atoms with van der Waals surface area (Å²) in [5.74, 6) is 0.0102. The van der Waals surface area contributed by atoms with Crippen LogP contribution in [0.3, 0.4) is 0 Å². The molecule has 134 valence electrons. The summed E-state index contributed by atoms with van der Waals surface area (Å²) in [6.07, 6.45) is 1.97. The molecule has 0 saturated heterocycles. The van der Waals surface area contributed by atoms with Crippen LogP contribution in [0.2, 0.25) is 5.02 Å². The number of halogens is 1. The molecule has 0 bridgehead atoms. The smallest absolute Gasteiger partial charge is 0.360 e. The number of hydrogen-bond acceptors (Lipinski definition) is 6. The summed E-state index contributed by atoms with van der Waals surface area (Å²) in [6, 6.07) is 6.76. The largest absolute Gasteiger partial charge is 0.484 e. The number of methoxy groups -OCH3 is 1. The van der Waals surface area contributed by atoms with Gasteiger partial charge in [-0.05, 0) is 30.7 Å². The van der Waals surface area contributed by atoms with Gasteiger partial charge in [0.1, 0.15) is 12.0 Å². The van der Waals surface area contributed by atoms with Crippen molar-refractivity contribution in [2.24, 2.45) is 0 Å². The van der Waals surface area contributed by atoms with Crippen molar-refractivity contribution in [3.63, 3.8) is 0 Å². The van der Waals surface area contributed by atoms with E-state index in [1.54, 1.807) is 29.2 Å². The first-order valence-electron chi connectivity index (χ1n) is 7.72. The number of carbonyl (C=O) groups excluding carboxylic acids is 2. The highest BCUT2D eigenvalue weighted by Gasteiger charge is 2.19. The van der Waals surface area contributed by atoms with Gasteiger partial charge in [-0.1, -0.05) is 18.5 Å². The first-order chi connectivity index (χ1) is 12.0. The Bertz CT molecular complexity index is 714. The molecule has 1 heterocycles. The van der Waals surface area contributed by atoms with Crippen LogP contribution in [-0.2, 0) is 16.1 Å². The molecular weight excluding hydrogens is 348 g/mol. The van der Waals surface area contributed by atoms with Crippen molar-refractivity contribution in [3.05, 3.63) is 47.1 Å². The molecule has 0 saturated carbocycles. The fourth-order valence-corrected chi connectivity index (χ4v) is 2.20. The lowest BCUT2D eigenvalue weighted by Crippen LogP contribution is -2.35. The Balaban J connectivity index is 1.96. The molecule has 0 N–H and O–H groups in total. The molecule has 7 nitrogen and oxygen atoms in total. The van der Waals surface area contributed by atoms with E-state index in [0.29, 0.717) is 17.3 Å². The van der Waals surface area contributed by atoms with E-state index in [9.17, 15) is 9.59 Å². The van der Waals surface area contributed by atoms with E-state index in [0.717, 1.165) is 6.42 Å². The fraction of sp³-hybridized carbons (Fsp3) is 0.353. The Morgan fingerprint density at radius 2 is 2.00 bits per heavy atom. The van der Waals surface area contributed by atoms with Gasteiger partial charge in [0, 0.05) is 11.6 Å². The van der Waals surface area contributed by atoms with Crippen LogP contribution >= 0.6 is 11.6 Å². The second-order valence-corrected chi connectivity index (χ2v) is 5.61. The second-order valence-electron chi connectivity index (χ2n) is 5.18. The number of nitrogens with zero attached hydrogens (tertiary/aromatic N) is 2. The number of aromatic nitrogens is 1. The number of benzene rings is 1. The molecule has 1 aromatic carbocycles. The van der Waals surface area contributed by atoms with Crippen LogP contribution in [0.25, 0.3) is 0 Å². The Morgan fingerprint density at radius 3 is 2.64 bits per heavy atom. The van der Waals surface area contributed by atoms with E-state index in [2.05, 4.69) is 9.72 Å². The summed E-state index contributed by atoms with van der Waals surface area (Å²) in [5.41, 5.74) is 0.0683. The van der Waals surface area contributed by atoms with Gasteiger partial charge in [-0.3, -0.25) is 4.79 Å². The van der Waals surface area contributed by atoms with Crippen molar-refractivity contribution < 1.29 is 23.5 Å². The zero-order valence-electron chi connectivity index (χ0n) is 14.0. The monoisotopic (exact) mass is 366 g/mol. The minimum atomic E-state index is -0.588. The molecule has 0 spiro atoms. The lowest BCUT2D eigenvalue weighted by Gasteiger charge is -2.20. The molecular formula is C17H19ClN2O5. The van der Waals surface area contributed by atoms with Crippen molar-refractivity contribution in [2.45, 2.75) is 19.9 Å². The summed E-state index contributed by atoms with van der Waals surface area (Å²) in [7, 11) is 1.26. The highest BCUT2D eigenvalue weighted by Crippen LogP contribution is 2.16. The number of ether oxygens (including phenoxy) is 2. The van der Waals surface area contributed by atoms with Crippen LogP contribution in [0.15, 0.2) is 34.9 Å². The second kappa shape index (κ2) is 9.08. The molecule has 2 aromatic rings. The number of carbonyl (C=O) groups is 2. The Kier molecular flexibility index (Phi) is 6.82. The third-order valence-electron chi connectivity index (χ3n) is 3.29. The van der Waals surface area contributed by atoms with Gasteiger partial charge in [0.05, 0.1) is 13.7 Å². The minimum absolute atomic E-state index is 0.0683. The van der Waals surface area contributed by atoms with E-state index in [4.69, 9.17) is 20.8 Å². The highest BCUT2D eigenvalue weighted by molar-refractivity contribution is 6.30. The molecule has 0 aliphatic heterocycles. The van der Waals surface area contributed by atoms with Gasteiger partial charge in [0.15, 0.2) is 12.3 Å². The van der Waals surface area contributed by atoms with Gasteiger partial charge >= 0.3 is 5.97 Å². The first-order valence-corrected chi connectivity index (χ1v) is 8.10. The maximum absolute atomic E-state index is 12.4. The fourth-order valence-electron chi connectivity index (χ4n) is 2.07. The quantitative estimate of drug-likeness (QED) is 0.668. The van der Waals surface area contributed by atoms with Crippen molar-refractivity contribution >= 4 is 23.5 Å². The lowest BCUT2D eigenvalue weighted by molar-refractivity contribution is -0.134. The maximum Gasteiger partial charge on any atom is 0.360 e. The SMILES string of the molecule is CCCN(Cc1nc(C(=O)OC)co1)C(=O)COc1ccc(Cl)cc1. The molecule has 0 unspecified atom stereocenters. The molecule has 1 aromatic heterocycles. The topological polar surface area (TPSA) is 81.9 Å². The standard InChI is InChI=1S/C17H19ClN2O5/c1-3-8-20(9-15-19-14(10-25-15)17(22)23-2)16(21)11-24-13-6-4-12(18)5-7-13/h4-7,10H,3,8-9,11H2,1-2H3. The van der Waals surface area contributed by atoms with E-state index in [1.165, 1.54) is 13.4 Å². The first kappa shape index (κ1) is 18.8. The highest BCUT2D eigenvalue weighted by atomic mass is 35.5. The van der Waals surface area contributed by atoms with E-state index >= 15 is 0 Å². The molecule has 0 atom stereocenters. The molecule has 25 heavy (non-hydrogen) atoms. The van der Waals surface area contributed by atoms with E-state index < -0.39 is 5.97 Å². The lowest BCUT2D eigenvalue weighted by atomic mass is 10.3. The average Bonchev–Trinajstić information content (AvgIpc) is 3.08. The summed E-state index contributed by atoms with van der Waals surface area (Å²) in [6.45, 7) is 2.49. The van der Waals surface area contributed by atoms with E-state index in [1.807, 2.05) is 6.92 Å². The summed E-state index contributed by atoms with van der Waals surface area (Å²) in [4.78, 5) is 29.4. The van der Waals surface area contributed by atoms with Gasteiger partial charge in [-0.25, -0.2) is 9.78 Å². The zero-order valence-corrected chi connectivity index (χ0v) is 14.8. The summed E-state index contributed by atoms with van der Waals surface area (Å²) in [5, 5.41) is 0.594. The Morgan fingerprint density at radius 1 is 1.28 bits per heavy atom. The van der Waals surface area contributed by atoms with Crippen LogP contribution in [0.4, 0.5) is 0 Å². The van der Waals surface area contributed by atoms with Crippen molar-refractivity contribution in [1.29, 1.82) is 0 Å². The molecule has 2 rings (SSSR count). The number of esters is 1. The predicted molar refractivity (Wildman–Crippen MR) is 90.5 cm³/mol. The van der Waals surface area contributed by atoms with Gasteiger partial charge < -0.3 is 18.8 Å². The molecule has 8 heteroatoms. The molecule has 0 aliphatic carbocycles. The van der Waals surface area contributed by atoms with Crippen LogP contribution < -0.4 is 4.74 Å². The number of hydrogen-bond donors (Lipinski definition) is 0. The molecule has 0 fully saturated rings. The Hall–Kier alpha value is -2.54. The normalized spacial score (nSPS) is 10.4. The number of amides is 1. The van der Waals surface area contributed by atoms with Gasteiger partial charge in [-0.2, -0.15) is 0 Å². The zero-order chi connectivity index (χ0) is 18.2. The van der Waals surface area contributed by atoms with Crippen molar-refractivity contribution in [3.8, 4) is 5.75 Å². The van der Waals surface area contributed by atoms with Crippen molar-refractivity contribution in [1.82, 2.24) is 9.88 Å². The average molecular weight is 367 g/mol. The van der Waals surface area contributed by atoms with Crippen molar-refractivity contribution in [2.75, 3.05) is 20.3 Å². The number of rotatable bonds is 8. The van der Waals surface area contributed by atoms with Crippen LogP contribution in [-0.4, -0.2) is 42.0 Å². The van der Waals surface area contributed by atoms with Gasteiger partial charge in [-0.15, -0.1) is 0 Å². The van der Waals surface area contributed by atoms with E-state index in [-0.39, 0.29) is 30.6 Å². The van der Waals surface area contributed by atoms with Crippen LogP contribution in [0, 0.1) is 0 Å². The van der Waals surface area contributed by atoms with Gasteiger partial charge in [0.2, 0.25) is 5.89 Å². The van der Waals surface area contributed by atoms with Crippen LogP contribution in [0.5, 0.6) is 5.75 Å². The third kappa shape index (κ3) is 5.49. The summed E-state index contributed by atoms with van der Waals surface area (Å²) < 4.78 is 15.3. The molecule has 1 amide bonds. The summed E-state index contributed by atoms with van der Waals surface area (Å²) >= 11 is 5.81. The molecule has 0 radical (unpaired) electrons. The molecule has 0 aliphatic rings. The maximum atomic E-state index is 12.4. The minimum Gasteiger partial charge on any atom is -0.484 e. The predicted octanol–water partition coefficient (Wildman–Crippen LogP) is 2.93. The van der Waals surface area contributed by atoms with Crippen LogP contribution in [0.1, 0.15) is 29.7 Å². The third-order valence-corrected chi connectivity index (χ3v) is 3.55. The van der Waals surface area contributed by atoms with Gasteiger partial charge in [0.25, 0.3) is 5.91 Å².